The van der Waals surface area contributed by atoms with E-state index in [0.29, 0.717) is 35.4 Å². The van der Waals surface area contributed by atoms with Crippen LogP contribution in [0.4, 0.5) is 10.1 Å². The highest BCUT2D eigenvalue weighted by Crippen LogP contribution is 2.28. The number of carbonyl (C=O) groups excluding carboxylic acids is 2. The molecule has 43 heavy (non-hydrogen) atoms. The number of anilines is 1. The van der Waals surface area contributed by atoms with Gasteiger partial charge in [-0.1, -0.05) is 39.0 Å². The van der Waals surface area contributed by atoms with Gasteiger partial charge in [-0.15, -0.1) is 0 Å². The van der Waals surface area contributed by atoms with Gasteiger partial charge in [0.1, 0.15) is 17.3 Å². The van der Waals surface area contributed by atoms with Gasteiger partial charge in [0.25, 0.3) is 5.56 Å². The second-order valence-electron chi connectivity index (χ2n) is 10.8. The van der Waals surface area contributed by atoms with Gasteiger partial charge in [0, 0.05) is 41.2 Å². The van der Waals surface area contributed by atoms with Crippen LogP contribution < -0.4 is 10.9 Å². The zero-order valence-electron chi connectivity index (χ0n) is 24.9. The summed E-state index contributed by atoms with van der Waals surface area (Å²) in [5, 5.41) is 3.55. The Hall–Kier alpha value is -4.92. The fraction of sp³-hybridized carbons (Fsp3) is 0.265. The molecule has 0 aliphatic carbocycles. The largest absolute Gasteiger partial charge is 0.320 e. The Morgan fingerprint density at radius 3 is 2.58 bits per heavy atom. The lowest BCUT2D eigenvalue weighted by Crippen LogP contribution is -2.30. The van der Waals surface area contributed by atoms with E-state index in [-0.39, 0.29) is 35.7 Å². The maximum Gasteiger partial charge on any atom is 0.277 e. The van der Waals surface area contributed by atoms with Crippen molar-refractivity contribution in [1.29, 1.82) is 0 Å². The number of hydrogen-bond acceptors (Lipinski definition) is 5. The average Bonchev–Trinajstić information content (AvgIpc) is 3.34. The molecule has 3 heterocycles. The maximum atomic E-state index is 13.9. The molecule has 1 atom stereocenters. The van der Waals surface area contributed by atoms with Crippen LogP contribution in [0.1, 0.15) is 60.7 Å². The van der Waals surface area contributed by atoms with E-state index in [4.69, 9.17) is 0 Å². The van der Waals surface area contributed by atoms with E-state index in [2.05, 4.69) is 15.3 Å². The number of ketones is 1. The van der Waals surface area contributed by atoms with Crippen molar-refractivity contribution in [3.05, 3.63) is 106 Å². The van der Waals surface area contributed by atoms with E-state index in [9.17, 15) is 18.8 Å². The van der Waals surface area contributed by atoms with Gasteiger partial charge in [-0.05, 0) is 61.2 Å². The Labute approximate surface area is 249 Å². The van der Waals surface area contributed by atoms with Crippen molar-refractivity contribution < 1.29 is 14.0 Å². The number of benzene rings is 2. The Kier molecular flexibility index (Phi) is 8.34. The fourth-order valence-corrected chi connectivity index (χ4v) is 5.21. The van der Waals surface area contributed by atoms with Crippen molar-refractivity contribution in [1.82, 2.24) is 19.1 Å². The predicted molar refractivity (Wildman–Crippen MR) is 166 cm³/mol. The molecule has 1 amide bonds. The number of halogens is 1. The molecule has 0 spiro atoms. The van der Waals surface area contributed by atoms with Gasteiger partial charge in [-0.2, -0.15) is 0 Å². The van der Waals surface area contributed by atoms with Gasteiger partial charge in [0.15, 0.2) is 5.78 Å². The number of aromatic nitrogens is 4. The summed E-state index contributed by atoms with van der Waals surface area (Å²) in [6, 6.07) is 12.0. The average molecular weight is 580 g/mol. The van der Waals surface area contributed by atoms with Crippen molar-refractivity contribution in [2.75, 3.05) is 5.32 Å². The zero-order chi connectivity index (χ0) is 30.8. The molecule has 0 aliphatic heterocycles. The third-order valence-electron chi connectivity index (χ3n) is 7.93. The van der Waals surface area contributed by atoms with E-state index in [0.717, 1.165) is 27.7 Å². The van der Waals surface area contributed by atoms with Crippen LogP contribution in [0.15, 0.2) is 72.0 Å². The summed E-state index contributed by atoms with van der Waals surface area (Å²) >= 11 is 0. The topological polar surface area (TPSA) is 98.9 Å². The molecule has 8 nitrogen and oxygen atoms in total. The van der Waals surface area contributed by atoms with E-state index < -0.39 is 5.56 Å². The van der Waals surface area contributed by atoms with Crippen LogP contribution in [0.5, 0.6) is 0 Å². The lowest BCUT2D eigenvalue weighted by atomic mass is 9.97. The molecular formula is C34H34FN5O3. The molecule has 0 aliphatic rings. The number of pyridine rings is 1. The first-order chi connectivity index (χ1) is 20.6. The number of carbonyl (C=O) groups is 2. The Balaban J connectivity index is 1.63. The summed E-state index contributed by atoms with van der Waals surface area (Å²) in [6.45, 7) is 9.39. The van der Waals surface area contributed by atoms with E-state index >= 15 is 0 Å². The Bertz CT molecular complexity index is 1920. The Morgan fingerprint density at radius 1 is 1.05 bits per heavy atom. The van der Waals surface area contributed by atoms with Crippen molar-refractivity contribution in [3.63, 3.8) is 0 Å². The SMILES string of the molecule is CCC(=O)c1cccc(-c2ncc(NC(=O)[C@H](C)CC)c(=O)n2Cc2cncc(-n3cc(C)c4cc(F)ccc43)c2)c1C. The van der Waals surface area contributed by atoms with Gasteiger partial charge >= 0.3 is 0 Å². The molecule has 220 valence electrons. The highest BCUT2D eigenvalue weighted by atomic mass is 19.1. The zero-order valence-corrected chi connectivity index (χ0v) is 24.9. The quantitative estimate of drug-likeness (QED) is 0.198. The standard InChI is InChI=1S/C34H34FN5O3/c1-6-20(3)33(42)38-29-17-37-32(27-10-8-9-26(22(27)5)31(41)7-2)40(34(29)43)19-23-13-25(16-36-15-23)39-18-21(4)28-14-24(35)11-12-30(28)39/h8-18,20H,6-7,19H2,1-5H3,(H,38,42)/t20-/m1/s1. The van der Waals surface area contributed by atoms with Crippen LogP contribution in [0.3, 0.4) is 0 Å². The first-order valence-corrected chi connectivity index (χ1v) is 14.4. The first kappa shape index (κ1) is 29.6. The summed E-state index contributed by atoms with van der Waals surface area (Å²) in [5.41, 5.74) is 4.82. The van der Waals surface area contributed by atoms with Gasteiger partial charge in [0.05, 0.1) is 30.1 Å². The minimum Gasteiger partial charge on any atom is -0.320 e. The highest BCUT2D eigenvalue weighted by molar-refractivity contribution is 5.98. The lowest BCUT2D eigenvalue weighted by Gasteiger charge is -2.18. The van der Waals surface area contributed by atoms with Crippen LogP contribution in [0.25, 0.3) is 28.0 Å². The van der Waals surface area contributed by atoms with Crippen molar-refractivity contribution in [2.45, 2.75) is 54.0 Å². The molecule has 0 saturated carbocycles. The van der Waals surface area contributed by atoms with E-state index in [1.807, 2.05) is 50.6 Å². The first-order valence-electron chi connectivity index (χ1n) is 14.4. The number of Topliss-reactive ketones (excluding diaryl/α,β-unsaturated/α-hetero) is 1. The molecule has 0 fully saturated rings. The molecule has 5 rings (SSSR count). The van der Waals surface area contributed by atoms with Gasteiger partial charge in [-0.25, -0.2) is 9.37 Å². The molecule has 0 bridgehead atoms. The predicted octanol–water partition coefficient (Wildman–Crippen LogP) is 6.63. The molecule has 0 radical (unpaired) electrons. The maximum absolute atomic E-state index is 13.9. The Morgan fingerprint density at radius 2 is 1.84 bits per heavy atom. The van der Waals surface area contributed by atoms with Crippen molar-refractivity contribution in [3.8, 4) is 17.1 Å². The highest BCUT2D eigenvalue weighted by Gasteiger charge is 2.20. The normalized spacial score (nSPS) is 12.0. The third-order valence-corrected chi connectivity index (χ3v) is 7.93. The smallest absolute Gasteiger partial charge is 0.277 e. The second kappa shape index (κ2) is 12.1. The summed E-state index contributed by atoms with van der Waals surface area (Å²) in [6.07, 6.45) is 7.66. The monoisotopic (exact) mass is 579 g/mol. The molecule has 2 aromatic carbocycles. The van der Waals surface area contributed by atoms with Gasteiger partial charge in [-0.3, -0.25) is 23.9 Å². The summed E-state index contributed by atoms with van der Waals surface area (Å²) in [7, 11) is 0. The number of nitrogens with one attached hydrogen (secondary N) is 1. The number of rotatable bonds is 9. The third kappa shape index (κ3) is 5.75. The van der Waals surface area contributed by atoms with Crippen LogP contribution >= 0.6 is 0 Å². The van der Waals surface area contributed by atoms with E-state index in [1.54, 1.807) is 37.5 Å². The summed E-state index contributed by atoms with van der Waals surface area (Å²) in [5.74, 6) is -0.474. The molecule has 3 aromatic heterocycles. The molecular weight excluding hydrogens is 545 g/mol. The molecule has 9 heteroatoms. The molecule has 0 saturated heterocycles. The number of fused-ring (bicyclic) bond motifs is 1. The van der Waals surface area contributed by atoms with Crippen LogP contribution in [-0.2, 0) is 11.3 Å². The van der Waals surface area contributed by atoms with Crippen LogP contribution in [0, 0.1) is 25.6 Å². The lowest BCUT2D eigenvalue weighted by molar-refractivity contribution is -0.119. The van der Waals surface area contributed by atoms with Crippen molar-refractivity contribution in [2.24, 2.45) is 5.92 Å². The van der Waals surface area contributed by atoms with Gasteiger partial charge < -0.3 is 9.88 Å². The number of hydrogen-bond donors (Lipinski definition) is 1. The second-order valence-corrected chi connectivity index (χ2v) is 10.8. The number of aryl methyl sites for hydroxylation is 1. The number of nitrogens with zero attached hydrogens (tertiary/aromatic N) is 4. The minimum atomic E-state index is -0.420. The van der Waals surface area contributed by atoms with Crippen LogP contribution in [-0.4, -0.2) is 30.8 Å². The molecule has 1 N–H and O–H groups in total. The van der Waals surface area contributed by atoms with Gasteiger partial charge in [0.2, 0.25) is 5.91 Å². The van der Waals surface area contributed by atoms with E-state index in [1.165, 1.54) is 22.9 Å². The molecule has 5 aromatic rings. The summed E-state index contributed by atoms with van der Waals surface area (Å²) in [4.78, 5) is 48.4. The van der Waals surface area contributed by atoms with Crippen molar-refractivity contribution >= 4 is 28.3 Å². The number of amides is 1. The fourth-order valence-electron chi connectivity index (χ4n) is 5.21. The summed E-state index contributed by atoms with van der Waals surface area (Å²) < 4.78 is 17.4. The molecule has 0 unspecified atom stereocenters. The minimum absolute atomic E-state index is 0.00305. The van der Waals surface area contributed by atoms with Crippen LogP contribution in [0.2, 0.25) is 0 Å².